The average molecular weight is 694 g/mol. The fourth-order valence-electron chi connectivity index (χ4n) is 14.3. The van der Waals surface area contributed by atoms with E-state index >= 15 is 0 Å². The molecule has 0 radical (unpaired) electrons. The van der Waals surface area contributed by atoms with E-state index in [4.69, 9.17) is 4.74 Å². The van der Waals surface area contributed by atoms with Crippen LogP contribution in [0, 0.1) is 62.1 Å². The van der Waals surface area contributed by atoms with Crippen LogP contribution in [0.3, 0.4) is 0 Å². The van der Waals surface area contributed by atoms with Crippen molar-refractivity contribution in [3.63, 3.8) is 0 Å². The molecule has 7 nitrogen and oxygen atoms in total. The van der Waals surface area contributed by atoms with Crippen LogP contribution in [0.4, 0.5) is 0 Å². The minimum Gasteiger partial charge on any atom is -0.481 e. The number of hydrogen-bond donors (Lipinski definition) is 1. The van der Waals surface area contributed by atoms with Crippen LogP contribution < -0.4 is 0 Å². The standard InChI is InChI=1S/C43H67NO6/c1-27(2)29-12-19-43(24-34(46)44-22-15-28(45)16-23-44)21-20-41(8)30(37(29)43)10-11-32-40(7)17-14-33(39(5,6)31(40)13-18-42(32,41)9)50-36(49)26-38(3,4)25-35(47)48/h29-33,37H,1,10-26H2,2-9H3,(H,47,48)/t29-,30+,31-,32+,33-,37+,40-,41+,42+,43+/m0/s1. The average Bonchev–Trinajstić information content (AvgIpc) is 3.38. The number of Topliss-reactive ketones (excluding diaryl/α,β-unsaturated/α-hetero) is 1. The largest absolute Gasteiger partial charge is 0.481 e. The molecule has 0 unspecified atom stereocenters. The van der Waals surface area contributed by atoms with Crippen LogP contribution in [-0.2, 0) is 23.9 Å². The molecule has 10 atom stereocenters. The molecule has 0 bridgehead atoms. The van der Waals surface area contributed by atoms with Crippen molar-refractivity contribution in [1.82, 2.24) is 4.90 Å². The predicted molar refractivity (Wildman–Crippen MR) is 195 cm³/mol. The number of amides is 1. The molecule has 6 rings (SSSR count). The third-order valence-corrected chi connectivity index (χ3v) is 16.9. The van der Waals surface area contributed by atoms with E-state index in [-0.39, 0.29) is 63.7 Å². The van der Waals surface area contributed by atoms with Crippen molar-refractivity contribution in [3.8, 4) is 0 Å². The summed E-state index contributed by atoms with van der Waals surface area (Å²) in [4.78, 5) is 52.5. The highest BCUT2D eigenvalue weighted by atomic mass is 16.5. The molecule has 1 aliphatic heterocycles. The molecule has 5 saturated carbocycles. The summed E-state index contributed by atoms with van der Waals surface area (Å²) < 4.78 is 6.27. The van der Waals surface area contributed by atoms with Crippen molar-refractivity contribution < 1.29 is 29.0 Å². The van der Waals surface area contributed by atoms with Crippen LogP contribution in [0.1, 0.15) is 152 Å². The number of esters is 1. The van der Waals surface area contributed by atoms with E-state index < -0.39 is 11.4 Å². The zero-order valence-corrected chi connectivity index (χ0v) is 32.6. The highest BCUT2D eigenvalue weighted by Crippen LogP contribution is 2.78. The third kappa shape index (κ3) is 6.00. The van der Waals surface area contributed by atoms with Gasteiger partial charge in [0.25, 0.3) is 0 Å². The number of ketones is 1. The molecule has 0 aromatic heterocycles. The van der Waals surface area contributed by atoms with Crippen LogP contribution >= 0.6 is 0 Å². The maximum atomic E-state index is 13.9. The van der Waals surface area contributed by atoms with Gasteiger partial charge in [0.15, 0.2) is 0 Å². The van der Waals surface area contributed by atoms with E-state index in [0.717, 1.165) is 38.5 Å². The Labute approximate surface area is 302 Å². The number of carboxylic acid groups (broad SMARTS) is 1. The van der Waals surface area contributed by atoms with Gasteiger partial charge in [0.2, 0.25) is 5.91 Å². The van der Waals surface area contributed by atoms with E-state index in [1.54, 1.807) is 0 Å². The lowest BCUT2D eigenvalue weighted by molar-refractivity contribution is -0.250. The number of rotatable bonds is 8. The van der Waals surface area contributed by atoms with Crippen molar-refractivity contribution in [3.05, 3.63) is 12.2 Å². The van der Waals surface area contributed by atoms with Crippen molar-refractivity contribution in [1.29, 1.82) is 0 Å². The normalized spacial score (nSPS) is 42.4. The Kier molecular flexibility index (Phi) is 9.58. The third-order valence-electron chi connectivity index (χ3n) is 16.9. The summed E-state index contributed by atoms with van der Waals surface area (Å²) in [5, 5.41) is 9.34. The first kappa shape index (κ1) is 37.6. The monoisotopic (exact) mass is 693 g/mol. The number of ether oxygens (including phenoxy) is 1. The fourth-order valence-corrected chi connectivity index (χ4v) is 14.3. The highest BCUT2D eigenvalue weighted by molar-refractivity contribution is 5.83. The molecule has 7 heteroatoms. The maximum absolute atomic E-state index is 13.9. The van der Waals surface area contributed by atoms with E-state index in [9.17, 15) is 24.3 Å². The molecule has 1 heterocycles. The zero-order valence-electron chi connectivity index (χ0n) is 32.6. The predicted octanol–water partition coefficient (Wildman–Crippen LogP) is 9.03. The topological polar surface area (TPSA) is 101 Å². The minimum absolute atomic E-state index is 0.0274. The lowest BCUT2D eigenvalue weighted by atomic mass is 9.32. The van der Waals surface area contributed by atoms with Gasteiger partial charge in [0, 0.05) is 37.8 Å². The number of allylic oxidation sites excluding steroid dienone is 1. The number of aliphatic carboxylic acids is 1. The van der Waals surface area contributed by atoms with E-state index in [0.29, 0.717) is 61.9 Å². The molecular weight excluding hydrogens is 626 g/mol. The summed E-state index contributed by atoms with van der Waals surface area (Å²) in [6.45, 7) is 24.1. The summed E-state index contributed by atoms with van der Waals surface area (Å²) in [6, 6.07) is 0. The Bertz CT molecular complexity index is 1410. The van der Waals surface area contributed by atoms with Crippen molar-refractivity contribution >= 4 is 23.6 Å². The van der Waals surface area contributed by atoms with E-state index in [2.05, 4.69) is 48.1 Å². The fraction of sp³-hybridized carbons (Fsp3) is 0.860. The van der Waals surface area contributed by atoms with Gasteiger partial charge in [-0.05, 0) is 128 Å². The van der Waals surface area contributed by atoms with Gasteiger partial charge < -0.3 is 14.7 Å². The van der Waals surface area contributed by atoms with Gasteiger partial charge in [-0.25, -0.2) is 0 Å². The Morgan fingerprint density at radius 1 is 0.860 bits per heavy atom. The highest BCUT2D eigenvalue weighted by Gasteiger charge is 2.71. The van der Waals surface area contributed by atoms with Gasteiger partial charge in [0.1, 0.15) is 11.9 Å². The van der Waals surface area contributed by atoms with Gasteiger partial charge in [-0.3, -0.25) is 19.2 Å². The van der Waals surface area contributed by atoms with Crippen LogP contribution in [0.25, 0.3) is 0 Å². The molecule has 0 spiro atoms. The summed E-state index contributed by atoms with van der Waals surface area (Å²) in [7, 11) is 0. The van der Waals surface area contributed by atoms with Crippen LogP contribution in [-0.4, -0.2) is 52.8 Å². The minimum atomic E-state index is -0.887. The Morgan fingerprint density at radius 2 is 1.54 bits per heavy atom. The molecule has 6 aliphatic rings. The second-order valence-corrected chi connectivity index (χ2v) is 20.4. The Balaban J connectivity index is 1.23. The maximum Gasteiger partial charge on any atom is 0.306 e. The number of carbonyl (C=O) groups excluding carboxylic acids is 3. The molecule has 0 aromatic carbocycles. The van der Waals surface area contributed by atoms with Gasteiger partial charge in [-0.1, -0.05) is 60.6 Å². The number of nitrogens with zero attached hydrogens (tertiary/aromatic N) is 1. The second kappa shape index (κ2) is 12.7. The van der Waals surface area contributed by atoms with Crippen molar-refractivity contribution in [2.24, 2.45) is 62.1 Å². The first-order valence-electron chi connectivity index (χ1n) is 20.1. The molecule has 0 aromatic rings. The first-order chi connectivity index (χ1) is 23.2. The molecular formula is C43H67NO6. The summed E-state index contributed by atoms with van der Waals surface area (Å²) >= 11 is 0. The van der Waals surface area contributed by atoms with Gasteiger partial charge in [-0.2, -0.15) is 0 Å². The molecule has 1 amide bonds. The lowest BCUT2D eigenvalue weighted by Crippen LogP contribution is -2.67. The lowest BCUT2D eigenvalue weighted by Gasteiger charge is -2.73. The van der Waals surface area contributed by atoms with Gasteiger partial charge in [0.05, 0.1) is 12.8 Å². The Hall–Kier alpha value is -2.18. The van der Waals surface area contributed by atoms with Crippen LogP contribution in [0.5, 0.6) is 0 Å². The zero-order chi connectivity index (χ0) is 36.7. The quantitative estimate of drug-likeness (QED) is 0.201. The number of likely N-dealkylation sites (tertiary alicyclic amines) is 1. The van der Waals surface area contributed by atoms with E-state index in [1.807, 2.05) is 18.7 Å². The molecule has 1 saturated heterocycles. The summed E-state index contributed by atoms with van der Waals surface area (Å²) in [5.41, 5.74) is 1.03. The number of fused-ring (bicyclic) bond motifs is 7. The smallest absolute Gasteiger partial charge is 0.306 e. The number of piperidine rings is 1. The molecule has 6 fully saturated rings. The molecule has 5 aliphatic carbocycles. The van der Waals surface area contributed by atoms with Crippen LogP contribution in [0.15, 0.2) is 12.2 Å². The van der Waals surface area contributed by atoms with Gasteiger partial charge in [-0.15, -0.1) is 0 Å². The van der Waals surface area contributed by atoms with Gasteiger partial charge >= 0.3 is 11.9 Å². The van der Waals surface area contributed by atoms with Crippen molar-refractivity contribution in [2.75, 3.05) is 13.1 Å². The number of hydrogen-bond acceptors (Lipinski definition) is 5. The summed E-state index contributed by atoms with van der Waals surface area (Å²) in [6.07, 6.45) is 12.7. The first-order valence-corrected chi connectivity index (χ1v) is 20.1. The molecule has 1 N–H and O–H groups in total. The second-order valence-electron chi connectivity index (χ2n) is 20.4. The molecule has 50 heavy (non-hydrogen) atoms. The SMILES string of the molecule is C=C(C)[C@@H]1CC[C@]2(CC(=O)N3CCC(=O)CC3)CC[C@]3(C)[C@H](CC[C@@H]4[C@@]5(C)CC[C@H](OC(=O)CC(C)(C)CC(=O)O)C(C)(C)[C@@H]5CC[C@]43C)[C@@H]12. The number of carbonyl (C=O) groups is 4. The number of carboxylic acids is 1. The molecule has 280 valence electrons. The Morgan fingerprint density at radius 3 is 2.18 bits per heavy atom. The van der Waals surface area contributed by atoms with E-state index in [1.165, 1.54) is 31.3 Å². The summed E-state index contributed by atoms with van der Waals surface area (Å²) in [5.74, 6) is 1.94. The van der Waals surface area contributed by atoms with Crippen molar-refractivity contribution in [2.45, 2.75) is 158 Å². The van der Waals surface area contributed by atoms with Crippen LogP contribution in [0.2, 0.25) is 0 Å².